The first-order chi connectivity index (χ1) is 10.7. The van der Waals surface area contributed by atoms with Crippen LogP contribution in [0.5, 0.6) is 0 Å². The van der Waals surface area contributed by atoms with Crippen LogP contribution >= 0.6 is 0 Å². The van der Waals surface area contributed by atoms with Gasteiger partial charge >= 0.3 is 0 Å². The molecule has 2 N–H and O–H groups in total. The summed E-state index contributed by atoms with van der Waals surface area (Å²) >= 11 is 0. The summed E-state index contributed by atoms with van der Waals surface area (Å²) in [5, 5.41) is 4.18. The highest BCUT2D eigenvalue weighted by molar-refractivity contribution is 7.92. The van der Waals surface area contributed by atoms with Crippen molar-refractivity contribution in [2.45, 2.75) is 30.4 Å². The average molecular weight is 331 g/mol. The van der Waals surface area contributed by atoms with Gasteiger partial charge in [0.25, 0.3) is 0 Å². The number of aromatic nitrogens is 4. The zero-order chi connectivity index (χ0) is 16.8. The molecule has 0 aromatic carbocycles. The van der Waals surface area contributed by atoms with E-state index >= 15 is 0 Å². The fraction of sp³-hybridized carbons (Fsp3) is 0.267. The van der Waals surface area contributed by atoms with Gasteiger partial charge in [-0.1, -0.05) is 6.07 Å². The van der Waals surface area contributed by atoms with E-state index in [2.05, 4.69) is 15.1 Å². The predicted octanol–water partition coefficient (Wildman–Crippen LogP) is 1.95. The zero-order valence-corrected chi connectivity index (χ0v) is 13.9. The topological polar surface area (TPSA) is 103 Å². The molecule has 3 aromatic heterocycles. The van der Waals surface area contributed by atoms with Gasteiger partial charge < -0.3 is 5.73 Å². The van der Waals surface area contributed by atoms with Crippen molar-refractivity contribution in [1.29, 1.82) is 0 Å². The molecular formula is C15H17N5O2S. The summed E-state index contributed by atoms with van der Waals surface area (Å²) in [7, 11) is -3.62. The van der Waals surface area contributed by atoms with Crippen molar-refractivity contribution in [2.75, 3.05) is 5.73 Å². The largest absolute Gasteiger partial charge is 0.382 e. The molecule has 0 radical (unpaired) electrons. The molecule has 7 nitrogen and oxygen atoms in total. The maximum Gasteiger partial charge on any atom is 0.188 e. The zero-order valence-electron chi connectivity index (χ0n) is 13.1. The second-order valence-corrected chi connectivity index (χ2v) is 8.80. The Morgan fingerprint density at radius 3 is 2.48 bits per heavy atom. The second kappa shape index (κ2) is 5.02. The van der Waals surface area contributed by atoms with Crippen LogP contribution in [0, 0.1) is 0 Å². The van der Waals surface area contributed by atoms with E-state index in [1.807, 2.05) is 18.2 Å². The fourth-order valence-corrected chi connectivity index (χ4v) is 3.39. The molecule has 0 atom stereocenters. The third-order valence-corrected chi connectivity index (χ3v) is 6.07. The summed E-state index contributed by atoms with van der Waals surface area (Å²) < 4.78 is 25.6. The van der Waals surface area contributed by atoms with Crippen LogP contribution in [0.1, 0.15) is 20.8 Å². The first-order valence-electron chi connectivity index (χ1n) is 7.02. The number of hydrogen-bond acceptors (Lipinski definition) is 6. The van der Waals surface area contributed by atoms with Gasteiger partial charge in [-0.05, 0) is 32.9 Å². The monoisotopic (exact) mass is 331 g/mol. The molecule has 120 valence electrons. The fourth-order valence-electron chi connectivity index (χ4n) is 2.17. The van der Waals surface area contributed by atoms with Crippen LogP contribution in [-0.2, 0) is 9.84 Å². The van der Waals surface area contributed by atoms with Crippen molar-refractivity contribution in [3.63, 3.8) is 0 Å². The minimum Gasteiger partial charge on any atom is -0.382 e. The molecule has 0 spiro atoms. The Morgan fingerprint density at radius 1 is 1.13 bits per heavy atom. The molecule has 23 heavy (non-hydrogen) atoms. The van der Waals surface area contributed by atoms with Crippen molar-refractivity contribution in [3.05, 3.63) is 36.8 Å². The maximum atomic E-state index is 12.6. The number of anilines is 1. The number of hydrogen-bond donors (Lipinski definition) is 1. The van der Waals surface area contributed by atoms with Crippen LogP contribution in [0.3, 0.4) is 0 Å². The van der Waals surface area contributed by atoms with E-state index in [4.69, 9.17) is 5.73 Å². The molecule has 0 aliphatic heterocycles. The molecule has 3 aromatic rings. The summed E-state index contributed by atoms with van der Waals surface area (Å²) in [5.41, 5.74) is 7.91. The summed E-state index contributed by atoms with van der Waals surface area (Å²) in [6, 6.07) is 5.49. The normalized spacial score (nSPS) is 12.7. The van der Waals surface area contributed by atoms with E-state index in [0.29, 0.717) is 16.9 Å². The highest BCUT2D eigenvalue weighted by Gasteiger charge is 2.34. The summed E-state index contributed by atoms with van der Waals surface area (Å²) in [4.78, 5) is 8.50. The Kier molecular flexibility index (Phi) is 3.36. The van der Waals surface area contributed by atoms with Crippen LogP contribution < -0.4 is 5.73 Å². The first-order valence-corrected chi connectivity index (χ1v) is 8.50. The van der Waals surface area contributed by atoms with Crippen molar-refractivity contribution in [2.24, 2.45) is 0 Å². The van der Waals surface area contributed by atoms with Crippen LogP contribution in [0.25, 0.3) is 16.9 Å². The lowest BCUT2D eigenvalue weighted by molar-refractivity contribution is 0.559. The van der Waals surface area contributed by atoms with Gasteiger partial charge in [-0.2, -0.15) is 9.61 Å². The Balaban J connectivity index is 2.24. The molecular weight excluding hydrogens is 314 g/mol. The second-order valence-electron chi connectivity index (χ2n) is 6.13. The highest BCUT2D eigenvalue weighted by atomic mass is 32.2. The molecule has 0 fully saturated rings. The molecule has 0 aliphatic rings. The van der Waals surface area contributed by atoms with E-state index in [1.165, 1.54) is 10.7 Å². The molecule has 0 saturated carbocycles. The number of rotatable bonds is 2. The van der Waals surface area contributed by atoms with Gasteiger partial charge in [0.2, 0.25) is 0 Å². The van der Waals surface area contributed by atoms with Crippen molar-refractivity contribution >= 4 is 21.3 Å². The first kappa shape index (κ1) is 15.4. The third-order valence-electron chi connectivity index (χ3n) is 3.57. The van der Waals surface area contributed by atoms with Crippen molar-refractivity contribution in [3.8, 4) is 11.3 Å². The Bertz CT molecular complexity index is 972. The van der Waals surface area contributed by atoms with Gasteiger partial charge in [-0.15, -0.1) is 0 Å². The molecule has 0 bridgehead atoms. The van der Waals surface area contributed by atoms with Crippen molar-refractivity contribution < 1.29 is 8.42 Å². The van der Waals surface area contributed by atoms with E-state index in [9.17, 15) is 8.42 Å². The molecule has 3 rings (SSSR count). The molecule has 3 heterocycles. The summed E-state index contributed by atoms with van der Waals surface area (Å²) in [6.07, 6.45) is 4.54. The van der Waals surface area contributed by atoms with Crippen LogP contribution in [0.2, 0.25) is 0 Å². The minimum absolute atomic E-state index is 0.0202. The van der Waals surface area contributed by atoms with Gasteiger partial charge in [0, 0.05) is 6.20 Å². The quantitative estimate of drug-likeness (QED) is 0.770. The van der Waals surface area contributed by atoms with E-state index in [1.54, 1.807) is 33.2 Å². The van der Waals surface area contributed by atoms with Gasteiger partial charge in [0.05, 0.1) is 28.4 Å². The van der Waals surface area contributed by atoms with E-state index in [0.717, 1.165) is 0 Å². The maximum absolute atomic E-state index is 12.6. The predicted molar refractivity (Wildman–Crippen MR) is 87.6 cm³/mol. The van der Waals surface area contributed by atoms with Gasteiger partial charge in [0.1, 0.15) is 10.7 Å². The standard InChI is InChI=1S/C15H17N5O2S/c1-15(2,3)23(21,22)12-9-18-14-10(8-19-20(14)13(12)16)11-6-4-5-7-17-11/h4-9H,16H2,1-3H3. The molecule has 0 amide bonds. The molecule has 0 unspecified atom stereocenters. The lowest BCUT2D eigenvalue weighted by Crippen LogP contribution is -2.29. The number of nitrogens with two attached hydrogens (primary N) is 1. The van der Waals surface area contributed by atoms with Crippen molar-refractivity contribution in [1.82, 2.24) is 19.6 Å². The van der Waals surface area contributed by atoms with Crippen LogP contribution in [0.15, 0.2) is 41.7 Å². The minimum atomic E-state index is -3.62. The third kappa shape index (κ3) is 2.35. The Hall–Kier alpha value is -2.48. The number of nitrogen functional groups attached to an aromatic ring is 1. The Morgan fingerprint density at radius 2 is 1.87 bits per heavy atom. The smallest absolute Gasteiger partial charge is 0.188 e. The van der Waals surface area contributed by atoms with Crippen LogP contribution in [0.4, 0.5) is 5.82 Å². The molecule has 0 saturated heterocycles. The number of sulfone groups is 1. The lowest BCUT2D eigenvalue weighted by Gasteiger charge is -2.20. The summed E-state index contributed by atoms with van der Waals surface area (Å²) in [6.45, 7) is 4.86. The van der Waals surface area contributed by atoms with E-state index < -0.39 is 14.6 Å². The van der Waals surface area contributed by atoms with Gasteiger partial charge in [-0.3, -0.25) is 4.98 Å². The molecule has 0 aliphatic carbocycles. The average Bonchev–Trinajstić information content (AvgIpc) is 2.92. The number of nitrogens with zero attached hydrogens (tertiary/aromatic N) is 4. The Labute approximate surface area is 134 Å². The SMILES string of the molecule is CC(C)(C)S(=O)(=O)c1cnc2c(-c3ccccn3)cnn2c1N. The highest BCUT2D eigenvalue weighted by Crippen LogP contribution is 2.30. The van der Waals surface area contributed by atoms with E-state index in [-0.39, 0.29) is 10.7 Å². The summed E-state index contributed by atoms with van der Waals surface area (Å²) in [5.74, 6) is 0.0482. The number of pyridine rings is 1. The lowest BCUT2D eigenvalue weighted by atomic mass is 10.2. The van der Waals surface area contributed by atoms with Crippen LogP contribution in [-0.4, -0.2) is 32.7 Å². The van der Waals surface area contributed by atoms with Gasteiger partial charge in [0.15, 0.2) is 15.5 Å². The molecule has 8 heteroatoms. The van der Waals surface area contributed by atoms with Gasteiger partial charge in [-0.25, -0.2) is 13.4 Å². The number of fused-ring (bicyclic) bond motifs is 1.